The molecule has 0 spiro atoms. The van der Waals surface area contributed by atoms with Crippen LogP contribution in [0.25, 0.3) is 11.1 Å². The Morgan fingerprint density at radius 1 is 0.926 bits per heavy atom. The Labute approximate surface area is 159 Å². The van der Waals surface area contributed by atoms with Gasteiger partial charge in [-0.2, -0.15) is 0 Å². The predicted octanol–water partition coefficient (Wildman–Crippen LogP) is 2.89. The Bertz CT molecular complexity index is 1090. The lowest BCUT2D eigenvalue weighted by atomic mass is 10.0. The van der Waals surface area contributed by atoms with Crippen molar-refractivity contribution in [2.24, 2.45) is 9.98 Å². The van der Waals surface area contributed by atoms with Gasteiger partial charge in [-0.3, -0.25) is 4.99 Å². The largest absolute Gasteiger partial charge is 0.355 e. The standard InChI is InChI=1S/C23H26N4/c1-13-18-6-4-16(24-18)12-17-5-7-19(25-17)14(2)21-9-11-23(27-21)15(3)22-10-8-20(13)26-22/h4,6,8,10,12,17,19,25-26H,5,7,9,11H2,1-3H3. The van der Waals surface area contributed by atoms with Crippen LogP contribution in [0.2, 0.25) is 0 Å². The third-order valence-electron chi connectivity index (χ3n) is 6.37. The van der Waals surface area contributed by atoms with Crippen molar-refractivity contribution in [3.63, 3.8) is 0 Å². The molecule has 4 aliphatic rings. The molecule has 138 valence electrons. The van der Waals surface area contributed by atoms with E-state index < -0.39 is 0 Å². The Hall–Kier alpha value is -2.46. The van der Waals surface area contributed by atoms with E-state index in [1.165, 1.54) is 34.5 Å². The van der Waals surface area contributed by atoms with Gasteiger partial charge in [0.05, 0.1) is 11.4 Å². The number of fused-ring (bicyclic) bond motifs is 6. The Balaban J connectivity index is 1.71. The average molecular weight is 358 g/mol. The zero-order chi connectivity index (χ0) is 18.5. The van der Waals surface area contributed by atoms with Gasteiger partial charge in [-0.25, -0.2) is 4.99 Å². The van der Waals surface area contributed by atoms with Crippen LogP contribution in [0.3, 0.4) is 0 Å². The molecule has 2 unspecified atom stereocenters. The molecule has 4 nitrogen and oxygen atoms in total. The highest BCUT2D eigenvalue weighted by Crippen LogP contribution is 2.29. The SMILES string of the molecule is CC1=C2CCC(=N2)C(C)=c2ccc([nH]2)=C(C)C2=NC(=CC3CCC1N3)C=C2. The summed E-state index contributed by atoms with van der Waals surface area (Å²) in [6.45, 7) is 6.58. The fraction of sp³-hybridized carbons (Fsp3) is 0.391. The number of aromatic amines is 1. The van der Waals surface area contributed by atoms with Gasteiger partial charge in [0.2, 0.25) is 0 Å². The number of aliphatic imine (C=N–C) groups is 2. The molecule has 0 amide bonds. The fourth-order valence-corrected chi connectivity index (χ4v) is 4.53. The smallest absolute Gasteiger partial charge is 0.0687 e. The summed E-state index contributed by atoms with van der Waals surface area (Å²) >= 11 is 0. The molecule has 0 radical (unpaired) electrons. The maximum Gasteiger partial charge on any atom is 0.0687 e. The van der Waals surface area contributed by atoms with Crippen molar-refractivity contribution in [1.82, 2.24) is 10.3 Å². The Morgan fingerprint density at radius 2 is 1.74 bits per heavy atom. The second kappa shape index (κ2) is 6.31. The first-order chi connectivity index (χ1) is 13.1. The van der Waals surface area contributed by atoms with Crippen LogP contribution in [0, 0.1) is 0 Å². The average Bonchev–Trinajstić information content (AvgIpc) is 3.46. The summed E-state index contributed by atoms with van der Waals surface area (Å²) in [5.74, 6) is 0. The van der Waals surface area contributed by atoms with E-state index in [0.29, 0.717) is 12.1 Å². The third kappa shape index (κ3) is 2.88. The molecule has 1 fully saturated rings. The van der Waals surface area contributed by atoms with Crippen LogP contribution in [0.1, 0.15) is 46.5 Å². The van der Waals surface area contributed by atoms with Gasteiger partial charge in [0.15, 0.2) is 0 Å². The van der Waals surface area contributed by atoms with Crippen LogP contribution < -0.4 is 16.0 Å². The summed E-state index contributed by atoms with van der Waals surface area (Å²) in [4.78, 5) is 13.5. The zero-order valence-electron chi connectivity index (χ0n) is 16.3. The van der Waals surface area contributed by atoms with E-state index in [2.05, 4.69) is 61.4 Å². The number of nitrogens with one attached hydrogen (secondary N) is 2. The minimum Gasteiger partial charge on any atom is -0.355 e. The van der Waals surface area contributed by atoms with Gasteiger partial charge in [0, 0.05) is 34.2 Å². The molecule has 4 heteroatoms. The summed E-state index contributed by atoms with van der Waals surface area (Å²) in [5.41, 5.74) is 8.46. The van der Waals surface area contributed by atoms with Gasteiger partial charge in [-0.1, -0.05) is 0 Å². The van der Waals surface area contributed by atoms with E-state index in [-0.39, 0.29) is 0 Å². The summed E-state index contributed by atoms with van der Waals surface area (Å²) in [7, 11) is 0. The number of rotatable bonds is 0. The van der Waals surface area contributed by atoms with Crippen LogP contribution in [-0.4, -0.2) is 28.5 Å². The van der Waals surface area contributed by atoms with E-state index in [9.17, 15) is 0 Å². The molecule has 27 heavy (non-hydrogen) atoms. The lowest BCUT2D eigenvalue weighted by molar-refractivity contribution is 0.637. The molecule has 5 heterocycles. The van der Waals surface area contributed by atoms with Gasteiger partial charge in [-0.05, 0) is 93.5 Å². The Kier molecular flexibility index (Phi) is 3.90. The van der Waals surface area contributed by atoms with Crippen molar-refractivity contribution in [2.45, 2.75) is 58.5 Å². The highest BCUT2D eigenvalue weighted by Gasteiger charge is 2.27. The van der Waals surface area contributed by atoms with Gasteiger partial charge in [-0.15, -0.1) is 0 Å². The molecule has 1 aromatic rings. The molecular weight excluding hydrogens is 332 g/mol. The van der Waals surface area contributed by atoms with Crippen LogP contribution in [0.5, 0.6) is 0 Å². The summed E-state index contributed by atoms with van der Waals surface area (Å²) < 4.78 is 0. The van der Waals surface area contributed by atoms with Crippen LogP contribution in [-0.2, 0) is 0 Å². The second-order valence-corrected chi connectivity index (χ2v) is 8.05. The minimum absolute atomic E-state index is 0.386. The lowest BCUT2D eigenvalue weighted by Gasteiger charge is -2.14. The monoisotopic (exact) mass is 358 g/mol. The molecule has 4 aliphatic heterocycles. The van der Waals surface area contributed by atoms with Crippen LogP contribution in [0.15, 0.2) is 57.3 Å². The van der Waals surface area contributed by atoms with Crippen molar-refractivity contribution < 1.29 is 0 Å². The van der Waals surface area contributed by atoms with E-state index >= 15 is 0 Å². The topological polar surface area (TPSA) is 52.5 Å². The fourth-order valence-electron chi connectivity index (χ4n) is 4.53. The molecule has 1 saturated heterocycles. The van der Waals surface area contributed by atoms with E-state index in [1.54, 1.807) is 0 Å². The third-order valence-corrected chi connectivity index (χ3v) is 6.37. The van der Waals surface area contributed by atoms with Crippen LogP contribution >= 0.6 is 0 Å². The van der Waals surface area contributed by atoms with Crippen molar-refractivity contribution in [3.8, 4) is 0 Å². The Morgan fingerprint density at radius 3 is 2.59 bits per heavy atom. The summed E-state index contributed by atoms with van der Waals surface area (Å²) in [5, 5.41) is 6.07. The number of hydrogen-bond acceptors (Lipinski definition) is 3. The molecule has 1 aromatic heterocycles. The number of hydrogen-bond donors (Lipinski definition) is 2. The summed E-state index contributed by atoms with van der Waals surface area (Å²) in [6.07, 6.45) is 10.9. The number of nitrogens with zero attached hydrogens (tertiary/aromatic N) is 2. The quantitative estimate of drug-likeness (QED) is 0.736. The first-order valence-corrected chi connectivity index (χ1v) is 9.98. The minimum atomic E-state index is 0.386. The van der Waals surface area contributed by atoms with Gasteiger partial charge >= 0.3 is 0 Å². The molecule has 2 atom stereocenters. The van der Waals surface area contributed by atoms with Crippen molar-refractivity contribution >= 4 is 22.6 Å². The predicted molar refractivity (Wildman–Crippen MR) is 112 cm³/mol. The number of allylic oxidation sites excluding steroid dienone is 3. The first kappa shape index (κ1) is 16.7. The molecule has 5 rings (SSSR count). The normalized spacial score (nSPS) is 27.3. The first-order valence-electron chi connectivity index (χ1n) is 9.98. The molecular formula is C23H26N4. The van der Waals surface area contributed by atoms with Crippen molar-refractivity contribution in [1.29, 1.82) is 0 Å². The number of aromatic nitrogens is 1. The second-order valence-electron chi connectivity index (χ2n) is 8.05. The highest BCUT2D eigenvalue weighted by molar-refractivity contribution is 6.25. The van der Waals surface area contributed by atoms with Crippen molar-refractivity contribution in [2.75, 3.05) is 0 Å². The van der Waals surface area contributed by atoms with Crippen LogP contribution in [0.4, 0.5) is 0 Å². The molecule has 0 aliphatic carbocycles. The maximum atomic E-state index is 5.03. The molecule has 8 bridgehead atoms. The molecule has 0 saturated carbocycles. The lowest BCUT2D eigenvalue weighted by Crippen LogP contribution is -2.29. The van der Waals surface area contributed by atoms with Gasteiger partial charge in [0.25, 0.3) is 0 Å². The van der Waals surface area contributed by atoms with E-state index in [0.717, 1.165) is 41.4 Å². The maximum absolute atomic E-state index is 5.03. The van der Waals surface area contributed by atoms with E-state index in [1.807, 2.05) is 0 Å². The van der Waals surface area contributed by atoms with Crippen molar-refractivity contribution in [3.05, 3.63) is 58.0 Å². The number of H-pyrrole nitrogens is 1. The molecule has 0 aromatic carbocycles. The summed E-state index contributed by atoms with van der Waals surface area (Å²) in [6, 6.07) is 5.14. The van der Waals surface area contributed by atoms with Gasteiger partial charge in [0.1, 0.15) is 0 Å². The van der Waals surface area contributed by atoms with E-state index in [4.69, 9.17) is 9.98 Å². The molecule has 2 N–H and O–H groups in total. The zero-order valence-corrected chi connectivity index (χ0v) is 16.3. The highest BCUT2D eigenvalue weighted by atomic mass is 15.0. The van der Waals surface area contributed by atoms with Gasteiger partial charge < -0.3 is 10.3 Å².